The van der Waals surface area contributed by atoms with Crippen LogP contribution in [0.1, 0.15) is 50.2 Å². The number of rotatable bonds is 5. The van der Waals surface area contributed by atoms with Gasteiger partial charge in [-0.2, -0.15) is 5.10 Å². The SMILES string of the molecule is Cc1nc(NCc2cnn(Cc3ccc(C(C)(C)C)nc3)c2)cc2c1NC(=O)[C@H](C)N2C. The molecule has 0 aliphatic carbocycles. The molecule has 1 atom stereocenters. The summed E-state index contributed by atoms with van der Waals surface area (Å²) < 4.78 is 1.92. The average Bonchev–Trinajstić information content (AvgIpc) is 3.18. The van der Waals surface area contributed by atoms with Gasteiger partial charge in [0.05, 0.1) is 29.8 Å². The molecular formula is C24H31N7O. The Labute approximate surface area is 189 Å². The molecule has 1 amide bonds. The Morgan fingerprint density at radius 2 is 1.97 bits per heavy atom. The zero-order chi connectivity index (χ0) is 23.0. The highest BCUT2D eigenvalue weighted by Crippen LogP contribution is 2.35. The van der Waals surface area contributed by atoms with Crippen molar-refractivity contribution >= 4 is 23.1 Å². The van der Waals surface area contributed by atoms with E-state index in [2.05, 4.69) is 58.6 Å². The van der Waals surface area contributed by atoms with Crippen molar-refractivity contribution in [2.45, 2.75) is 59.2 Å². The van der Waals surface area contributed by atoms with E-state index in [1.807, 2.05) is 55.1 Å². The summed E-state index contributed by atoms with van der Waals surface area (Å²) in [5.41, 5.74) is 5.85. The number of nitrogens with zero attached hydrogens (tertiary/aromatic N) is 5. The highest BCUT2D eigenvalue weighted by molar-refractivity contribution is 6.04. The van der Waals surface area contributed by atoms with Crippen molar-refractivity contribution in [3.8, 4) is 0 Å². The molecule has 4 heterocycles. The van der Waals surface area contributed by atoms with Gasteiger partial charge < -0.3 is 15.5 Å². The van der Waals surface area contributed by atoms with Crippen LogP contribution in [0.2, 0.25) is 0 Å². The molecule has 0 saturated carbocycles. The summed E-state index contributed by atoms with van der Waals surface area (Å²) in [5, 5.41) is 10.8. The number of aryl methyl sites for hydroxylation is 1. The number of pyridine rings is 2. The Kier molecular flexibility index (Phi) is 5.62. The maximum atomic E-state index is 12.1. The number of fused-ring (bicyclic) bond motifs is 1. The van der Waals surface area contributed by atoms with Gasteiger partial charge in [0, 0.05) is 48.7 Å². The molecule has 3 aromatic rings. The lowest BCUT2D eigenvalue weighted by Gasteiger charge is -2.34. The third-order valence-corrected chi connectivity index (χ3v) is 5.87. The lowest BCUT2D eigenvalue weighted by atomic mass is 9.91. The van der Waals surface area contributed by atoms with Gasteiger partial charge in [0.25, 0.3) is 0 Å². The first-order valence-electron chi connectivity index (χ1n) is 10.9. The first-order chi connectivity index (χ1) is 15.1. The Morgan fingerprint density at radius 1 is 1.19 bits per heavy atom. The number of anilines is 3. The van der Waals surface area contributed by atoms with Crippen LogP contribution in [-0.4, -0.2) is 38.7 Å². The molecule has 0 aromatic carbocycles. The molecule has 1 aliphatic heterocycles. The fourth-order valence-electron chi connectivity index (χ4n) is 3.72. The molecule has 3 aromatic heterocycles. The van der Waals surface area contributed by atoms with Gasteiger partial charge in [0.2, 0.25) is 5.91 Å². The molecule has 8 nitrogen and oxygen atoms in total. The number of carbonyl (C=O) groups is 1. The van der Waals surface area contributed by atoms with Crippen LogP contribution in [-0.2, 0) is 23.3 Å². The number of carbonyl (C=O) groups excluding carboxylic acids is 1. The van der Waals surface area contributed by atoms with E-state index in [0.717, 1.165) is 39.7 Å². The molecule has 4 rings (SSSR count). The van der Waals surface area contributed by atoms with Crippen molar-refractivity contribution in [1.82, 2.24) is 19.7 Å². The monoisotopic (exact) mass is 433 g/mol. The summed E-state index contributed by atoms with van der Waals surface area (Å²) in [4.78, 5) is 23.3. The van der Waals surface area contributed by atoms with E-state index in [0.29, 0.717) is 13.1 Å². The van der Waals surface area contributed by atoms with Crippen molar-refractivity contribution < 1.29 is 4.79 Å². The van der Waals surface area contributed by atoms with Gasteiger partial charge in [0.15, 0.2) is 0 Å². The molecular weight excluding hydrogens is 402 g/mol. The van der Waals surface area contributed by atoms with Gasteiger partial charge in [0.1, 0.15) is 11.9 Å². The lowest BCUT2D eigenvalue weighted by molar-refractivity contribution is -0.117. The minimum Gasteiger partial charge on any atom is -0.366 e. The minimum absolute atomic E-state index is 0.0127. The predicted molar refractivity (Wildman–Crippen MR) is 127 cm³/mol. The molecule has 0 radical (unpaired) electrons. The van der Waals surface area contributed by atoms with Gasteiger partial charge in [-0.25, -0.2) is 4.98 Å². The molecule has 168 valence electrons. The fraction of sp³-hybridized carbons (Fsp3) is 0.417. The van der Waals surface area contributed by atoms with Crippen molar-refractivity contribution in [3.63, 3.8) is 0 Å². The molecule has 8 heteroatoms. The summed E-state index contributed by atoms with van der Waals surface area (Å²) >= 11 is 0. The Hall–Kier alpha value is -3.42. The van der Waals surface area contributed by atoms with E-state index in [4.69, 9.17) is 0 Å². The largest absolute Gasteiger partial charge is 0.366 e. The third kappa shape index (κ3) is 4.44. The molecule has 2 N–H and O–H groups in total. The van der Waals surface area contributed by atoms with Crippen LogP contribution in [0.25, 0.3) is 0 Å². The van der Waals surface area contributed by atoms with Gasteiger partial charge in [-0.05, 0) is 25.5 Å². The van der Waals surface area contributed by atoms with Gasteiger partial charge in [-0.1, -0.05) is 26.8 Å². The lowest BCUT2D eigenvalue weighted by Crippen LogP contribution is -2.44. The van der Waals surface area contributed by atoms with E-state index in [1.54, 1.807) is 0 Å². The smallest absolute Gasteiger partial charge is 0.246 e. The van der Waals surface area contributed by atoms with Crippen LogP contribution in [0.15, 0.2) is 36.8 Å². The summed E-state index contributed by atoms with van der Waals surface area (Å²) in [6.45, 7) is 11.6. The van der Waals surface area contributed by atoms with Gasteiger partial charge >= 0.3 is 0 Å². The van der Waals surface area contributed by atoms with Crippen LogP contribution >= 0.6 is 0 Å². The maximum Gasteiger partial charge on any atom is 0.246 e. The normalized spacial score (nSPS) is 16.0. The number of aromatic nitrogens is 4. The second-order valence-electron chi connectivity index (χ2n) is 9.46. The van der Waals surface area contributed by atoms with Crippen molar-refractivity contribution in [1.29, 1.82) is 0 Å². The second-order valence-corrected chi connectivity index (χ2v) is 9.46. The third-order valence-electron chi connectivity index (χ3n) is 5.87. The summed E-state index contributed by atoms with van der Waals surface area (Å²) in [6, 6.07) is 5.96. The van der Waals surface area contributed by atoms with Crippen LogP contribution in [0.3, 0.4) is 0 Å². The number of nitrogens with one attached hydrogen (secondary N) is 2. The van der Waals surface area contributed by atoms with E-state index in [-0.39, 0.29) is 17.4 Å². The average molecular weight is 434 g/mol. The van der Waals surface area contributed by atoms with Crippen LogP contribution in [0, 0.1) is 6.92 Å². The minimum atomic E-state index is -0.220. The van der Waals surface area contributed by atoms with E-state index in [1.165, 1.54) is 0 Å². The summed E-state index contributed by atoms with van der Waals surface area (Å²) in [7, 11) is 1.93. The Morgan fingerprint density at radius 3 is 2.66 bits per heavy atom. The summed E-state index contributed by atoms with van der Waals surface area (Å²) in [6.07, 6.45) is 5.82. The van der Waals surface area contributed by atoms with Crippen LogP contribution in [0.5, 0.6) is 0 Å². The molecule has 0 unspecified atom stereocenters. The molecule has 0 fully saturated rings. The topological polar surface area (TPSA) is 88.0 Å². The first kappa shape index (κ1) is 21.8. The number of amides is 1. The number of hydrogen-bond acceptors (Lipinski definition) is 6. The molecule has 1 aliphatic rings. The highest BCUT2D eigenvalue weighted by Gasteiger charge is 2.28. The highest BCUT2D eigenvalue weighted by atomic mass is 16.2. The zero-order valence-electron chi connectivity index (χ0n) is 19.6. The molecule has 0 spiro atoms. The van der Waals surface area contributed by atoms with Crippen molar-refractivity contribution in [2.75, 3.05) is 22.6 Å². The van der Waals surface area contributed by atoms with E-state index < -0.39 is 0 Å². The predicted octanol–water partition coefficient (Wildman–Crippen LogP) is 3.72. The van der Waals surface area contributed by atoms with E-state index in [9.17, 15) is 4.79 Å². The molecule has 0 saturated heterocycles. The van der Waals surface area contributed by atoms with Gasteiger partial charge in [-0.3, -0.25) is 14.5 Å². The zero-order valence-corrected chi connectivity index (χ0v) is 19.6. The first-order valence-corrected chi connectivity index (χ1v) is 10.9. The second kappa shape index (κ2) is 8.26. The Bertz CT molecular complexity index is 1130. The van der Waals surface area contributed by atoms with Crippen molar-refractivity contribution in [3.05, 3.63) is 59.3 Å². The number of likely N-dealkylation sites (N-methyl/N-ethyl adjacent to an activating group) is 1. The molecule has 0 bridgehead atoms. The number of hydrogen-bond donors (Lipinski definition) is 2. The summed E-state index contributed by atoms with van der Waals surface area (Å²) in [5.74, 6) is 0.757. The van der Waals surface area contributed by atoms with Crippen LogP contribution in [0.4, 0.5) is 17.2 Å². The maximum absolute atomic E-state index is 12.1. The van der Waals surface area contributed by atoms with Crippen LogP contribution < -0.4 is 15.5 Å². The van der Waals surface area contributed by atoms with Gasteiger partial charge in [-0.15, -0.1) is 0 Å². The quantitative estimate of drug-likeness (QED) is 0.638. The van der Waals surface area contributed by atoms with Crippen molar-refractivity contribution in [2.24, 2.45) is 0 Å². The fourth-order valence-corrected chi connectivity index (χ4v) is 3.72. The Balaban J connectivity index is 1.42. The van der Waals surface area contributed by atoms with E-state index >= 15 is 0 Å². The standard InChI is InChI=1S/C24H31N7O/c1-15-22-19(30(6)16(2)23(32)29-22)9-21(28-15)26-11-18-12-27-31(14-18)13-17-7-8-20(25-10-17)24(3,4)5/h7-10,12,14,16H,11,13H2,1-6H3,(H,26,28)(H,29,32)/t16-/m0/s1. The molecule has 32 heavy (non-hydrogen) atoms.